The van der Waals surface area contributed by atoms with Crippen LogP contribution in [0.3, 0.4) is 0 Å². The molecule has 2 aromatic carbocycles. The van der Waals surface area contributed by atoms with Gasteiger partial charge in [-0.05, 0) is 37.1 Å². The molecule has 0 aliphatic rings. The summed E-state index contributed by atoms with van der Waals surface area (Å²) in [7, 11) is 3.22. The van der Waals surface area contributed by atoms with E-state index in [1.54, 1.807) is 52.6 Å². The van der Waals surface area contributed by atoms with Gasteiger partial charge in [-0.2, -0.15) is 5.10 Å². The Morgan fingerprint density at radius 2 is 1.83 bits per heavy atom. The molecule has 0 unspecified atom stereocenters. The Kier molecular flexibility index (Phi) is 13.7. The molecule has 274 valence electrons. The van der Waals surface area contributed by atoms with Crippen molar-refractivity contribution in [1.29, 1.82) is 0 Å². The van der Waals surface area contributed by atoms with Crippen molar-refractivity contribution in [1.82, 2.24) is 34.2 Å². The first-order valence-corrected chi connectivity index (χ1v) is 17.6. The number of rotatable bonds is 16. The van der Waals surface area contributed by atoms with E-state index >= 15 is 0 Å². The zero-order valence-corrected chi connectivity index (χ0v) is 31.0. The molecule has 0 aliphatic carbocycles. The highest BCUT2D eigenvalue weighted by atomic mass is 35.5. The van der Waals surface area contributed by atoms with Gasteiger partial charge in [-0.15, -0.1) is 0 Å². The molecule has 0 bridgehead atoms. The number of benzene rings is 2. The number of nitrogen functional groups attached to an aromatic ring is 1. The van der Waals surface area contributed by atoms with Gasteiger partial charge in [-0.3, -0.25) is 14.2 Å². The Morgan fingerprint density at radius 3 is 2.55 bits per heavy atom. The number of nitrogens with two attached hydrogens (primary N) is 1. The molecule has 2 N–H and O–H groups in total. The molecule has 0 fully saturated rings. The highest BCUT2D eigenvalue weighted by molar-refractivity contribution is 6.31. The fourth-order valence-corrected chi connectivity index (χ4v) is 6.02. The number of allylic oxidation sites excluding steroid dienone is 5. The number of ether oxygens (including phenoxy) is 2. The monoisotopic (exact) mass is 734 g/mol. The fraction of sp³-hybridized carbons (Fsp3) is 0.300. The van der Waals surface area contributed by atoms with E-state index in [-0.39, 0.29) is 30.4 Å². The summed E-state index contributed by atoms with van der Waals surface area (Å²) < 4.78 is 13.6. The molecule has 0 saturated carbocycles. The first-order valence-electron chi connectivity index (χ1n) is 17.2. The number of amides is 1. The second-order valence-corrected chi connectivity index (χ2v) is 12.5. The summed E-state index contributed by atoms with van der Waals surface area (Å²) in [4.78, 5) is 42.9. The van der Waals surface area contributed by atoms with Crippen LogP contribution in [0, 0.1) is 11.8 Å². The van der Waals surface area contributed by atoms with Crippen LogP contribution in [0.15, 0.2) is 84.5 Å². The van der Waals surface area contributed by atoms with Gasteiger partial charge in [-0.25, -0.2) is 19.6 Å². The van der Waals surface area contributed by atoms with E-state index in [0.717, 1.165) is 11.1 Å². The molecule has 0 aliphatic heterocycles. The molecular weight excluding hydrogens is 692 g/mol. The third-order valence-electron chi connectivity index (χ3n) is 8.56. The molecule has 3 aromatic heterocycles. The zero-order chi connectivity index (χ0) is 37.7. The van der Waals surface area contributed by atoms with Crippen LogP contribution in [0.4, 0.5) is 5.82 Å². The van der Waals surface area contributed by atoms with E-state index in [1.807, 2.05) is 49.4 Å². The van der Waals surface area contributed by atoms with Gasteiger partial charge in [0.2, 0.25) is 5.91 Å². The normalized spacial score (nSPS) is 11.7. The number of carbonyl (C=O) groups is 1. The van der Waals surface area contributed by atoms with Crippen LogP contribution in [0.1, 0.15) is 48.8 Å². The van der Waals surface area contributed by atoms with Crippen molar-refractivity contribution in [2.75, 3.05) is 46.3 Å². The number of methoxy groups -OCH3 is 2. The van der Waals surface area contributed by atoms with Crippen molar-refractivity contribution in [3.05, 3.63) is 118 Å². The molecule has 53 heavy (non-hydrogen) atoms. The van der Waals surface area contributed by atoms with E-state index < -0.39 is 0 Å². The highest BCUT2D eigenvalue weighted by Crippen LogP contribution is 2.28. The molecule has 12 nitrogen and oxygen atoms in total. The van der Waals surface area contributed by atoms with Crippen LogP contribution in [0.2, 0.25) is 5.02 Å². The maximum Gasteiger partial charge on any atom is 0.263 e. The summed E-state index contributed by atoms with van der Waals surface area (Å²) in [5.41, 5.74) is 9.64. The van der Waals surface area contributed by atoms with Crippen LogP contribution in [0.25, 0.3) is 27.5 Å². The number of hydrogen-bond donors (Lipinski definition) is 1. The highest BCUT2D eigenvalue weighted by Gasteiger charge is 2.21. The minimum absolute atomic E-state index is 0.0195. The Hall–Kier alpha value is -5.61. The predicted octanol–water partition coefficient (Wildman–Crippen LogP) is 5.66. The second kappa shape index (κ2) is 18.8. The van der Waals surface area contributed by atoms with E-state index in [2.05, 4.69) is 28.4 Å². The fourth-order valence-electron chi connectivity index (χ4n) is 5.82. The van der Waals surface area contributed by atoms with Gasteiger partial charge >= 0.3 is 0 Å². The molecule has 0 spiro atoms. The van der Waals surface area contributed by atoms with Gasteiger partial charge in [0.05, 0.1) is 36.0 Å². The number of carbonyl (C=O) groups excluding carboxylic acids is 1. The number of halogens is 1. The van der Waals surface area contributed by atoms with Gasteiger partial charge in [0.25, 0.3) is 5.56 Å². The summed E-state index contributed by atoms with van der Waals surface area (Å²) in [5.74, 6) is 7.07. The summed E-state index contributed by atoms with van der Waals surface area (Å²) in [5, 5.41) is 6.37. The molecule has 13 heteroatoms. The lowest BCUT2D eigenvalue weighted by atomic mass is 10.1. The summed E-state index contributed by atoms with van der Waals surface area (Å²) >= 11 is 6.60. The Balaban J connectivity index is 1.53. The van der Waals surface area contributed by atoms with Crippen LogP contribution in [-0.4, -0.2) is 80.6 Å². The zero-order valence-electron chi connectivity index (χ0n) is 30.2. The van der Waals surface area contributed by atoms with Gasteiger partial charge in [0.1, 0.15) is 30.2 Å². The SMILES string of the molecule is C=C/C(=C\C=C/C)c1nn(Cc2nc3cccc(C#CCCCC(=O)N(CCOC)CCOC)c3c(=O)n2Cc2ccccc2Cl)c2ncnc(N)c12. The van der Waals surface area contributed by atoms with Gasteiger partial charge < -0.3 is 20.1 Å². The molecule has 1 amide bonds. The number of nitrogens with zero attached hydrogens (tertiary/aromatic N) is 7. The first kappa shape index (κ1) is 38.6. The van der Waals surface area contributed by atoms with E-state index in [9.17, 15) is 9.59 Å². The average Bonchev–Trinajstić information content (AvgIpc) is 3.52. The topological polar surface area (TPSA) is 143 Å². The maximum absolute atomic E-state index is 14.5. The molecule has 0 saturated heterocycles. The third kappa shape index (κ3) is 9.25. The van der Waals surface area contributed by atoms with Crippen molar-refractivity contribution in [2.45, 2.75) is 39.3 Å². The lowest BCUT2D eigenvalue weighted by Gasteiger charge is -2.21. The first-order chi connectivity index (χ1) is 25.8. The van der Waals surface area contributed by atoms with Crippen molar-refractivity contribution >= 4 is 50.8 Å². The van der Waals surface area contributed by atoms with Gasteiger partial charge in [-0.1, -0.05) is 78.6 Å². The molecule has 0 atom stereocenters. The number of unbranched alkanes of at least 4 members (excludes halogenated alkanes) is 1. The van der Waals surface area contributed by atoms with E-state index in [4.69, 9.17) is 36.9 Å². The summed E-state index contributed by atoms with van der Waals surface area (Å²) in [6.45, 7) is 8.03. The minimum Gasteiger partial charge on any atom is -0.383 e. The van der Waals surface area contributed by atoms with Gasteiger partial charge in [0, 0.05) is 56.3 Å². The quantitative estimate of drug-likeness (QED) is 0.0772. The largest absolute Gasteiger partial charge is 0.383 e. The average molecular weight is 735 g/mol. The van der Waals surface area contributed by atoms with E-state index in [1.165, 1.54) is 6.33 Å². The van der Waals surface area contributed by atoms with E-state index in [0.29, 0.717) is 89.6 Å². The second-order valence-electron chi connectivity index (χ2n) is 12.0. The van der Waals surface area contributed by atoms with Crippen molar-refractivity contribution in [3.63, 3.8) is 0 Å². The summed E-state index contributed by atoms with van der Waals surface area (Å²) in [6.07, 6.45) is 10.1. The van der Waals surface area contributed by atoms with Crippen molar-refractivity contribution in [2.24, 2.45) is 0 Å². The molecular formula is C40H43ClN8O4. The number of hydrogen-bond acceptors (Lipinski definition) is 9. The third-order valence-corrected chi connectivity index (χ3v) is 8.93. The molecule has 5 rings (SSSR count). The lowest BCUT2D eigenvalue weighted by Crippen LogP contribution is -2.36. The Labute approximate surface area is 313 Å². The Morgan fingerprint density at radius 1 is 1.06 bits per heavy atom. The van der Waals surface area contributed by atoms with Crippen LogP contribution in [-0.2, 0) is 27.4 Å². The minimum atomic E-state index is -0.275. The predicted molar refractivity (Wildman–Crippen MR) is 209 cm³/mol. The maximum atomic E-state index is 14.5. The Bertz CT molecular complexity index is 2270. The van der Waals surface area contributed by atoms with Crippen LogP contribution < -0.4 is 11.3 Å². The number of anilines is 1. The molecule has 0 radical (unpaired) electrons. The lowest BCUT2D eigenvalue weighted by molar-refractivity contribution is -0.132. The van der Waals surface area contributed by atoms with Crippen molar-refractivity contribution < 1.29 is 14.3 Å². The van der Waals surface area contributed by atoms with Gasteiger partial charge in [0.15, 0.2) is 5.65 Å². The molecule has 5 aromatic rings. The number of aromatic nitrogens is 6. The molecule has 3 heterocycles. The van der Waals surface area contributed by atoms with Crippen LogP contribution >= 0.6 is 11.6 Å². The smallest absolute Gasteiger partial charge is 0.263 e. The number of fused-ring (bicyclic) bond motifs is 2. The summed E-state index contributed by atoms with van der Waals surface area (Å²) in [6, 6.07) is 12.8. The van der Waals surface area contributed by atoms with Crippen molar-refractivity contribution in [3.8, 4) is 11.8 Å². The standard InChI is InChI=1S/C40H43ClN8O4/c1-5-7-14-28(6-2)37-36-38(42)43-27-44-39(36)49(46-37)26-33-45-32-19-13-17-29(35(32)40(51)48(33)25-30-16-11-12-18-31(30)41)15-9-8-10-20-34(50)47(21-23-52-3)22-24-53-4/h5-7,11-14,16-19,27H,2,8,10,20-26H2,1,3-4H3,(H2,42,43,44)/b7-5-,28-14+. The van der Waals surface area contributed by atoms with Crippen LogP contribution in [0.5, 0.6) is 0 Å².